The van der Waals surface area contributed by atoms with E-state index >= 15 is 0 Å². The highest BCUT2D eigenvalue weighted by atomic mass is 32.2. The Labute approximate surface area is 179 Å². The Morgan fingerprint density at radius 1 is 1.17 bits per heavy atom. The van der Waals surface area contributed by atoms with E-state index < -0.39 is 0 Å². The van der Waals surface area contributed by atoms with Gasteiger partial charge < -0.3 is 14.6 Å². The van der Waals surface area contributed by atoms with Crippen molar-refractivity contribution in [3.8, 4) is 10.8 Å². The molecule has 0 aliphatic carbocycles. The predicted molar refractivity (Wildman–Crippen MR) is 121 cm³/mol. The van der Waals surface area contributed by atoms with Crippen LogP contribution < -0.4 is 5.32 Å². The Bertz CT molecular complexity index is 943. The normalized spacial score (nSPS) is 14.8. The molecule has 1 amide bonds. The van der Waals surface area contributed by atoms with Crippen LogP contribution in [-0.4, -0.2) is 46.9 Å². The number of carbonyl (C=O) groups excluding carboxylic acids is 1. The average molecular weight is 428 g/mol. The lowest BCUT2D eigenvalue weighted by Crippen LogP contribution is -2.34. The van der Waals surface area contributed by atoms with Crippen molar-refractivity contribution in [1.29, 1.82) is 0 Å². The van der Waals surface area contributed by atoms with Crippen molar-refractivity contribution < 1.29 is 9.21 Å². The van der Waals surface area contributed by atoms with Crippen molar-refractivity contribution in [3.05, 3.63) is 58.8 Å². The number of anilines is 1. The van der Waals surface area contributed by atoms with E-state index in [1.54, 1.807) is 0 Å². The maximum Gasteiger partial charge on any atom is 0.230 e. The number of aryl methyl sites for hydroxylation is 1. The number of benzene rings is 1. The third kappa shape index (κ3) is 5.72. The number of furan rings is 1. The molecule has 2 aromatic heterocycles. The van der Waals surface area contributed by atoms with Crippen LogP contribution in [0.15, 0.2) is 46.2 Å². The number of hydrogen-bond donors (Lipinski definition) is 1. The minimum atomic E-state index is -0.0592. The standard InChI is InChI=1S/C22H25N3O2S2/c1-16-2-7-20(27-16)22-24-19(15-29-22)14-21(26)23-18-5-3-17(4-6-18)8-9-25-10-12-28-13-11-25/h2-7,15H,8-14H2,1H3,(H,23,26). The average Bonchev–Trinajstić information content (AvgIpc) is 3.37. The van der Waals surface area contributed by atoms with Crippen molar-refractivity contribution in [3.63, 3.8) is 0 Å². The van der Waals surface area contributed by atoms with Crippen molar-refractivity contribution in [2.45, 2.75) is 19.8 Å². The van der Waals surface area contributed by atoms with Crippen LogP contribution in [0.25, 0.3) is 10.8 Å². The second-order valence-corrected chi connectivity index (χ2v) is 9.26. The molecule has 0 spiro atoms. The van der Waals surface area contributed by atoms with E-state index in [-0.39, 0.29) is 12.3 Å². The maximum atomic E-state index is 12.4. The summed E-state index contributed by atoms with van der Waals surface area (Å²) in [6, 6.07) is 12.0. The molecule has 29 heavy (non-hydrogen) atoms. The molecule has 5 nitrogen and oxygen atoms in total. The van der Waals surface area contributed by atoms with Gasteiger partial charge in [0.2, 0.25) is 5.91 Å². The monoisotopic (exact) mass is 427 g/mol. The molecule has 7 heteroatoms. The summed E-state index contributed by atoms with van der Waals surface area (Å²) in [6.45, 7) is 5.39. The second kappa shape index (κ2) is 9.61. The molecule has 3 heterocycles. The maximum absolute atomic E-state index is 12.4. The second-order valence-electron chi connectivity index (χ2n) is 7.18. The van der Waals surface area contributed by atoms with Crippen LogP contribution in [0.3, 0.4) is 0 Å². The van der Waals surface area contributed by atoms with Crippen LogP contribution in [0.1, 0.15) is 17.0 Å². The molecule has 152 valence electrons. The predicted octanol–water partition coefficient (Wildman–Crippen LogP) is 4.48. The molecule has 0 atom stereocenters. The largest absolute Gasteiger partial charge is 0.459 e. The first kappa shape index (κ1) is 20.2. The van der Waals surface area contributed by atoms with E-state index in [2.05, 4.69) is 27.3 Å². The number of nitrogens with zero attached hydrogens (tertiary/aromatic N) is 2. The Balaban J connectivity index is 1.26. The summed E-state index contributed by atoms with van der Waals surface area (Å²) in [6.07, 6.45) is 1.30. The van der Waals surface area contributed by atoms with Crippen molar-refractivity contribution in [2.75, 3.05) is 36.5 Å². The summed E-state index contributed by atoms with van der Waals surface area (Å²) in [5.74, 6) is 4.03. The Morgan fingerprint density at radius 3 is 2.69 bits per heavy atom. The van der Waals surface area contributed by atoms with E-state index in [1.165, 1.54) is 41.5 Å². The molecule has 1 aliphatic rings. The van der Waals surface area contributed by atoms with Crippen molar-refractivity contribution in [2.24, 2.45) is 0 Å². The van der Waals surface area contributed by atoms with Gasteiger partial charge in [0.15, 0.2) is 10.8 Å². The van der Waals surface area contributed by atoms with E-state index in [0.717, 1.165) is 40.9 Å². The van der Waals surface area contributed by atoms with Gasteiger partial charge in [-0.3, -0.25) is 4.79 Å². The highest BCUT2D eigenvalue weighted by Crippen LogP contribution is 2.25. The van der Waals surface area contributed by atoms with Gasteiger partial charge in [-0.2, -0.15) is 11.8 Å². The van der Waals surface area contributed by atoms with E-state index in [4.69, 9.17) is 4.42 Å². The zero-order valence-corrected chi connectivity index (χ0v) is 18.2. The van der Waals surface area contributed by atoms with Gasteiger partial charge in [0.1, 0.15) is 5.76 Å². The SMILES string of the molecule is Cc1ccc(-c2nc(CC(=O)Nc3ccc(CCN4CCSCC4)cc3)cs2)o1. The Kier molecular flexibility index (Phi) is 6.69. The van der Waals surface area contributed by atoms with E-state index in [9.17, 15) is 4.79 Å². The smallest absolute Gasteiger partial charge is 0.230 e. The Hall–Kier alpha value is -2.09. The van der Waals surface area contributed by atoms with Gasteiger partial charge in [0.05, 0.1) is 12.1 Å². The zero-order valence-electron chi connectivity index (χ0n) is 16.5. The number of amides is 1. The first-order chi connectivity index (χ1) is 14.2. The third-order valence-corrected chi connectivity index (χ3v) is 6.75. The number of nitrogens with one attached hydrogen (secondary N) is 1. The lowest BCUT2D eigenvalue weighted by molar-refractivity contribution is -0.115. The first-order valence-corrected chi connectivity index (χ1v) is 11.9. The summed E-state index contributed by atoms with van der Waals surface area (Å²) in [7, 11) is 0. The lowest BCUT2D eigenvalue weighted by Gasteiger charge is -2.26. The van der Waals surface area contributed by atoms with Crippen molar-refractivity contribution >= 4 is 34.7 Å². The molecule has 0 saturated carbocycles. The molecule has 4 rings (SSSR count). The lowest BCUT2D eigenvalue weighted by atomic mass is 10.1. The molecule has 1 aromatic carbocycles. The fraction of sp³-hybridized carbons (Fsp3) is 0.364. The number of aromatic nitrogens is 1. The molecule has 0 unspecified atom stereocenters. The molecule has 3 aromatic rings. The molecule has 0 bridgehead atoms. The van der Waals surface area contributed by atoms with E-state index in [1.807, 2.05) is 48.3 Å². The number of carbonyl (C=O) groups is 1. The van der Waals surface area contributed by atoms with Crippen LogP contribution in [0.2, 0.25) is 0 Å². The van der Waals surface area contributed by atoms with Gasteiger partial charge in [-0.05, 0) is 43.2 Å². The van der Waals surface area contributed by atoms with Gasteiger partial charge in [-0.25, -0.2) is 4.98 Å². The molecule has 1 fully saturated rings. The highest BCUT2D eigenvalue weighted by molar-refractivity contribution is 7.99. The van der Waals surface area contributed by atoms with Gasteiger partial charge in [0, 0.05) is 42.2 Å². The highest BCUT2D eigenvalue weighted by Gasteiger charge is 2.12. The number of thioether (sulfide) groups is 1. The van der Waals surface area contributed by atoms with Crippen molar-refractivity contribution in [1.82, 2.24) is 9.88 Å². The summed E-state index contributed by atoms with van der Waals surface area (Å²) >= 11 is 3.53. The van der Waals surface area contributed by atoms with E-state index in [0.29, 0.717) is 0 Å². The minimum Gasteiger partial charge on any atom is -0.459 e. The number of hydrogen-bond acceptors (Lipinski definition) is 6. The molecular weight excluding hydrogens is 402 g/mol. The van der Waals surface area contributed by atoms with Gasteiger partial charge in [-0.1, -0.05) is 12.1 Å². The number of thiazole rings is 1. The fourth-order valence-corrected chi connectivity index (χ4v) is 5.05. The summed E-state index contributed by atoms with van der Waals surface area (Å²) in [5.41, 5.74) is 2.89. The number of rotatable bonds is 7. The zero-order chi connectivity index (χ0) is 20.1. The molecule has 1 saturated heterocycles. The molecule has 1 N–H and O–H groups in total. The van der Waals surface area contributed by atoms with Crippen LogP contribution in [-0.2, 0) is 17.6 Å². The minimum absolute atomic E-state index is 0.0592. The van der Waals surface area contributed by atoms with Crippen LogP contribution in [0.5, 0.6) is 0 Å². The van der Waals surface area contributed by atoms with Crippen LogP contribution in [0, 0.1) is 6.92 Å². The Morgan fingerprint density at radius 2 is 1.97 bits per heavy atom. The van der Waals surface area contributed by atoms with Gasteiger partial charge in [-0.15, -0.1) is 11.3 Å². The molecule has 1 aliphatic heterocycles. The summed E-state index contributed by atoms with van der Waals surface area (Å²) in [4.78, 5) is 19.4. The van der Waals surface area contributed by atoms with Gasteiger partial charge >= 0.3 is 0 Å². The molecule has 0 radical (unpaired) electrons. The quantitative estimate of drug-likeness (QED) is 0.602. The first-order valence-electron chi connectivity index (χ1n) is 9.86. The molecular formula is C22H25N3O2S2. The summed E-state index contributed by atoms with van der Waals surface area (Å²) < 4.78 is 5.60. The topological polar surface area (TPSA) is 58.4 Å². The third-order valence-electron chi connectivity index (χ3n) is 4.90. The fourth-order valence-electron chi connectivity index (χ4n) is 3.29. The summed E-state index contributed by atoms with van der Waals surface area (Å²) in [5, 5.41) is 5.68. The van der Waals surface area contributed by atoms with Crippen LogP contribution in [0.4, 0.5) is 5.69 Å². The van der Waals surface area contributed by atoms with Crippen LogP contribution >= 0.6 is 23.1 Å². The van der Waals surface area contributed by atoms with Gasteiger partial charge in [0.25, 0.3) is 0 Å².